The maximum Gasteiger partial charge on any atom is 0.298 e. The molecule has 1 amide bonds. The quantitative estimate of drug-likeness (QED) is 0.268. The van der Waals surface area contributed by atoms with Crippen molar-refractivity contribution in [1.82, 2.24) is 9.55 Å². The molecule has 0 aliphatic rings. The number of carbonyl (C=O) groups excluding carboxylic acids is 1. The SMILES string of the molecule is COc1cccc(Cn2c(SCC(=O)Nc3ccccc3)nc3c(oc4ccccc43)c2=O)c1. The molecule has 0 radical (unpaired) electrons. The first kappa shape index (κ1) is 21.8. The summed E-state index contributed by atoms with van der Waals surface area (Å²) in [6.45, 7) is 0.263. The molecule has 5 rings (SSSR count). The van der Waals surface area contributed by atoms with Crippen LogP contribution in [-0.4, -0.2) is 28.3 Å². The molecule has 5 aromatic rings. The zero-order valence-electron chi connectivity index (χ0n) is 18.4. The number of anilines is 1. The van der Waals surface area contributed by atoms with Gasteiger partial charge in [0, 0.05) is 11.1 Å². The van der Waals surface area contributed by atoms with E-state index < -0.39 is 0 Å². The fourth-order valence-electron chi connectivity index (χ4n) is 3.70. The smallest absolute Gasteiger partial charge is 0.298 e. The number of nitrogens with one attached hydrogen (secondary N) is 1. The Bertz CT molecular complexity index is 1540. The number of fused-ring (bicyclic) bond motifs is 3. The molecule has 2 aromatic heterocycles. The number of rotatable bonds is 7. The minimum Gasteiger partial charge on any atom is -0.497 e. The number of ether oxygens (including phenoxy) is 1. The van der Waals surface area contributed by atoms with E-state index in [1.165, 1.54) is 11.8 Å². The van der Waals surface area contributed by atoms with Crippen LogP contribution in [0.1, 0.15) is 5.56 Å². The Balaban J connectivity index is 1.53. The second kappa shape index (κ2) is 9.44. The zero-order valence-corrected chi connectivity index (χ0v) is 19.2. The highest BCUT2D eigenvalue weighted by atomic mass is 32.2. The highest BCUT2D eigenvalue weighted by Gasteiger charge is 2.19. The molecule has 0 saturated carbocycles. The molecule has 0 atom stereocenters. The number of amides is 1. The molecule has 170 valence electrons. The van der Waals surface area contributed by atoms with E-state index in [4.69, 9.17) is 14.1 Å². The predicted octanol–water partition coefficient (Wildman–Crippen LogP) is 4.93. The van der Waals surface area contributed by atoms with Gasteiger partial charge in [-0.05, 0) is 42.0 Å². The van der Waals surface area contributed by atoms with Crippen LogP contribution in [0.4, 0.5) is 5.69 Å². The van der Waals surface area contributed by atoms with Gasteiger partial charge in [0.1, 0.15) is 16.8 Å². The van der Waals surface area contributed by atoms with E-state index >= 15 is 0 Å². The molecule has 0 spiro atoms. The number of furan rings is 1. The van der Waals surface area contributed by atoms with Gasteiger partial charge in [-0.25, -0.2) is 4.98 Å². The Hall–Kier alpha value is -4.04. The molecule has 0 saturated heterocycles. The highest BCUT2D eigenvalue weighted by molar-refractivity contribution is 7.99. The van der Waals surface area contributed by atoms with Gasteiger partial charge in [0.05, 0.1) is 19.4 Å². The first-order chi connectivity index (χ1) is 16.6. The molecule has 2 heterocycles. The third-order valence-corrected chi connectivity index (χ3v) is 6.29. The van der Waals surface area contributed by atoms with Crippen molar-refractivity contribution in [3.63, 3.8) is 0 Å². The van der Waals surface area contributed by atoms with Gasteiger partial charge in [-0.3, -0.25) is 14.2 Å². The average molecular weight is 472 g/mol. The van der Waals surface area contributed by atoms with Crippen molar-refractivity contribution < 1.29 is 13.9 Å². The first-order valence-electron chi connectivity index (χ1n) is 10.6. The Labute approximate surface area is 199 Å². The number of nitrogens with zero attached hydrogens (tertiary/aromatic N) is 2. The lowest BCUT2D eigenvalue weighted by atomic mass is 10.2. The Morgan fingerprint density at radius 1 is 1.06 bits per heavy atom. The number of benzene rings is 3. The van der Waals surface area contributed by atoms with Gasteiger partial charge >= 0.3 is 0 Å². The van der Waals surface area contributed by atoms with E-state index in [-0.39, 0.29) is 29.3 Å². The van der Waals surface area contributed by atoms with Gasteiger partial charge in [0.15, 0.2) is 5.16 Å². The summed E-state index contributed by atoms with van der Waals surface area (Å²) in [5.41, 5.74) is 2.57. The second-order valence-corrected chi connectivity index (χ2v) is 8.56. The van der Waals surface area contributed by atoms with Gasteiger partial charge in [-0.1, -0.05) is 54.2 Å². The molecule has 0 aliphatic carbocycles. The predicted molar refractivity (Wildman–Crippen MR) is 134 cm³/mol. The maximum absolute atomic E-state index is 13.5. The molecule has 0 bridgehead atoms. The molecule has 7 nitrogen and oxygen atoms in total. The summed E-state index contributed by atoms with van der Waals surface area (Å²) in [5, 5.41) is 4.07. The van der Waals surface area contributed by atoms with Crippen LogP contribution in [0.3, 0.4) is 0 Å². The van der Waals surface area contributed by atoms with Crippen LogP contribution in [0, 0.1) is 0 Å². The number of hydrogen-bond donors (Lipinski definition) is 1. The van der Waals surface area contributed by atoms with E-state index in [2.05, 4.69) is 5.32 Å². The minimum atomic E-state index is -0.296. The largest absolute Gasteiger partial charge is 0.497 e. The molecule has 34 heavy (non-hydrogen) atoms. The summed E-state index contributed by atoms with van der Waals surface area (Å²) in [7, 11) is 1.60. The molecular weight excluding hydrogens is 450 g/mol. The summed E-state index contributed by atoms with van der Waals surface area (Å²) < 4.78 is 12.7. The van der Waals surface area contributed by atoms with Crippen molar-refractivity contribution >= 4 is 45.4 Å². The van der Waals surface area contributed by atoms with Crippen LogP contribution in [0.5, 0.6) is 5.75 Å². The molecule has 0 fully saturated rings. The Morgan fingerprint density at radius 3 is 2.68 bits per heavy atom. The van der Waals surface area contributed by atoms with Gasteiger partial charge in [0.25, 0.3) is 5.56 Å². The number of aromatic nitrogens is 2. The van der Waals surface area contributed by atoms with Crippen LogP contribution < -0.4 is 15.6 Å². The molecule has 0 aliphatic heterocycles. The fourth-order valence-corrected chi connectivity index (χ4v) is 4.50. The number of methoxy groups -OCH3 is 1. The van der Waals surface area contributed by atoms with Crippen LogP contribution in [0.2, 0.25) is 0 Å². The number of thioether (sulfide) groups is 1. The van der Waals surface area contributed by atoms with Gasteiger partial charge in [0.2, 0.25) is 11.5 Å². The van der Waals surface area contributed by atoms with Crippen LogP contribution in [-0.2, 0) is 11.3 Å². The van der Waals surface area contributed by atoms with Crippen molar-refractivity contribution in [2.75, 3.05) is 18.2 Å². The lowest BCUT2D eigenvalue weighted by Crippen LogP contribution is -2.24. The van der Waals surface area contributed by atoms with Gasteiger partial charge < -0.3 is 14.5 Å². The second-order valence-electron chi connectivity index (χ2n) is 7.62. The minimum absolute atomic E-state index is 0.0980. The lowest BCUT2D eigenvalue weighted by molar-refractivity contribution is -0.113. The third-order valence-electron chi connectivity index (χ3n) is 5.31. The zero-order chi connectivity index (χ0) is 23.5. The summed E-state index contributed by atoms with van der Waals surface area (Å²) >= 11 is 1.21. The Kier molecular flexibility index (Phi) is 6.05. The number of carbonyl (C=O) groups is 1. The van der Waals surface area contributed by atoms with Gasteiger partial charge in [-0.15, -0.1) is 0 Å². The van der Waals surface area contributed by atoms with E-state index in [1.54, 1.807) is 11.7 Å². The maximum atomic E-state index is 13.5. The molecule has 8 heteroatoms. The van der Waals surface area contributed by atoms with E-state index in [0.29, 0.717) is 27.7 Å². The fraction of sp³-hybridized carbons (Fsp3) is 0.115. The third kappa shape index (κ3) is 4.40. The topological polar surface area (TPSA) is 86.4 Å². The van der Waals surface area contributed by atoms with Crippen molar-refractivity contribution in [3.8, 4) is 5.75 Å². The van der Waals surface area contributed by atoms with E-state index in [9.17, 15) is 9.59 Å². The average Bonchev–Trinajstić information content (AvgIpc) is 3.24. The molecular formula is C26H21N3O4S. The van der Waals surface area contributed by atoms with Gasteiger partial charge in [-0.2, -0.15) is 0 Å². The molecule has 1 N–H and O–H groups in total. The first-order valence-corrected chi connectivity index (χ1v) is 11.6. The monoisotopic (exact) mass is 471 g/mol. The van der Waals surface area contributed by atoms with Crippen molar-refractivity contribution in [3.05, 3.63) is 94.8 Å². The van der Waals surface area contributed by atoms with Crippen LogP contribution in [0.25, 0.3) is 22.1 Å². The van der Waals surface area contributed by atoms with Crippen molar-refractivity contribution in [2.24, 2.45) is 0 Å². The van der Waals surface area contributed by atoms with Crippen LogP contribution >= 0.6 is 11.8 Å². The normalized spacial score (nSPS) is 11.1. The number of para-hydroxylation sites is 2. The number of hydrogen-bond acceptors (Lipinski definition) is 6. The summed E-state index contributed by atoms with van der Waals surface area (Å²) in [6.07, 6.45) is 0. The van der Waals surface area contributed by atoms with Crippen molar-refractivity contribution in [2.45, 2.75) is 11.7 Å². The highest BCUT2D eigenvalue weighted by Crippen LogP contribution is 2.28. The van der Waals surface area contributed by atoms with E-state index in [1.807, 2.05) is 78.9 Å². The Morgan fingerprint density at radius 2 is 1.85 bits per heavy atom. The molecule has 0 unspecified atom stereocenters. The summed E-state index contributed by atoms with van der Waals surface area (Å²) in [4.78, 5) is 30.8. The standard InChI is InChI=1S/C26H21N3O4S/c1-32-19-11-7-8-17(14-19)15-29-25(31)24-23(20-12-5-6-13-21(20)33-24)28-26(29)34-16-22(30)27-18-9-3-2-4-10-18/h2-14H,15-16H2,1H3,(H,27,30). The van der Waals surface area contributed by atoms with Crippen LogP contribution in [0.15, 0.2) is 93.2 Å². The lowest BCUT2D eigenvalue weighted by Gasteiger charge is -2.12. The summed E-state index contributed by atoms with van der Waals surface area (Å²) in [6, 6.07) is 24.1. The van der Waals surface area contributed by atoms with Crippen molar-refractivity contribution in [1.29, 1.82) is 0 Å². The van der Waals surface area contributed by atoms with E-state index in [0.717, 1.165) is 10.9 Å². The molecule has 3 aromatic carbocycles. The summed E-state index contributed by atoms with van der Waals surface area (Å²) in [5.74, 6) is 0.607.